The van der Waals surface area contributed by atoms with Crippen LogP contribution in [0.4, 0.5) is 0 Å². The number of rotatable bonds is 2. The van der Waals surface area contributed by atoms with Crippen LogP contribution in [0.25, 0.3) is 0 Å². The van der Waals surface area contributed by atoms with Gasteiger partial charge < -0.3 is 0 Å². The molecule has 0 amide bonds. The Morgan fingerprint density at radius 2 is 2.25 bits per heavy atom. The van der Waals surface area contributed by atoms with Crippen LogP contribution >= 0.6 is 23.2 Å². The van der Waals surface area contributed by atoms with E-state index in [9.17, 15) is 0 Å². The first kappa shape index (κ1) is 12.2. The number of halogens is 2. The SMILES string of the molecule is Cc1nn(C)c(CN2CCCC(Cl)C2)c1Cl. The smallest absolute Gasteiger partial charge is 0.0860 e. The Morgan fingerprint density at radius 3 is 2.81 bits per heavy atom. The van der Waals surface area contributed by atoms with Crippen molar-refractivity contribution in [1.29, 1.82) is 0 Å². The van der Waals surface area contributed by atoms with Crippen LogP contribution in [-0.2, 0) is 13.6 Å². The second-order valence-corrected chi connectivity index (χ2v) is 5.44. The summed E-state index contributed by atoms with van der Waals surface area (Å²) >= 11 is 12.4. The maximum Gasteiger partial charge on any atom is 0.0860 e. The van der Waals surface area contributed by atoms with Crippen molar-refractivity contribution in [2.24, 2.45) is 7.05 Å². The first-order chi connectivity index (χ1) is 7.58. The molecule has 1 fully saturated rings. The van der Waals surface area contributed by atoms with Gasteiger partial charge in [-0.15, -0.1) is 11.6 Å². The van der Waals surface area contributed by atoms with Crippen LogP contribution in [0.3, 0.4) is 0 Å². The molecule has 0 bridgehead atoms. The van der Waals surface area contributed by atoms with E-state index in [-0.39, 0.29) is 5.38 Å². The fourth-order valence-corrected chi connectivity index (χ4v) is 2.78. The molecule has 1 atom stereocenters. The lowest BCUT2D eigenvalue weighted by molar-refractivity contribution is 0.219. The van der Waals surface area contributed by atoms with Gasteiger partial charge in [-0.25, -0.2) is 0 Å². The molecule has 0 aliphatic carbocycles. The Hall–Kier alpha value is -0.250. The van der Waals surface area contributed by atoms with Gasteiger partial charge in [0, 0.05) is 25.5 Å². The van der Waals surface area contributed by atoms with Crippen LogP contribution < -0.4 is 0 Å². The predicted molar refractivity (Wildman–Crippen MR) is 67.1 cm³/mol. The van der Waals surface area contributed by atoms with E-state index < -0.39 is 0 Å². The maximum absolute atomic E-state index is 6.23. The van der Waals surface area contributed by atoms with Gasteiger partial charge in [-0.05, 0) is 26.3 Å². The van der Waals surface area contributed by atoms with Gasteiger partial charge >= 0.3 is 0 Å². The van der Waals surface area contributed by atoms with Gasteiger partial charge in [0.25, 0.3) is 0 Å². The van der Waals surface area contributed by atoms with Gasteiger partial charge in [0.2, 0.25) is 0 Å². The number of likely N-dealkylation sites (tertiary alicyclic amines) is 1. The zero-order valence-corrected chi connectivity index (χ0v) is 11.2. The summed E-state index contributed by atoms with van der Waals surface area (Å²) in [6.07, 6.45) is 2.29. The molecule has 0 N–H and O–H groups in total. The highest BCUT2D eigenvalue weighted by Crippen LogP contribution is 2.23. The Kier molecular flexibility index (Phi) is 3.77. The number of hydrogen-bond donors (Lipinski definition) is 0. The fraction of sp³-hybridized carbons (Fsp3) is 0.727. The molecule has 1 aromatic rings. The summed E-state index contributed by atoms with van der Waals surface area (Å²) in [6.45, 7) is 4.83. The first-order valence-corrected chi connectivity index (χ1v) is 6.43. The standard InChI is InChI=1S/C11H17Cl2N3/c1-8-11(13)10(15(2)14-8)7-16-5-3-4-9(12)6-16/h9H,3-7H2,1-2H3. The molecule has 0 aromatic carbocycles. The van der Waals surface area contributed by atoms with Crippen molar-refractivity contribution in [2.75, 3.05) is 13.1 Å². The average Bonchev–Trinajstić information content (AvgIpc) is 2.45. The molecule has 2 heterocycles. The molecule has 1 aromatic heterocycles. The summed E-state index contributed by atoms with van der Waals surface area (Å²) in [4.78, 5) is 2.35. The summed E-state index contributed by atoms with van der Waals surface area (Å²) < 4.78 is 1.87. The van der Waals surface area contributed by atoms with Crippen molar-refractivity contribution in [3.63, 3.8) is 0 Å². The number of alkyl halides is 1. The van der Waals surface area contributed by atoms with Gasteiger partial charge in [-0.1, -0.05) is 11.6 Å². The normalized spacial score (nSPS) is 22.6. The first-order valence-electron chi connectivity index (χ1n) is 5.62. The summed E-state index contributed by atoms with van der Waals surface area (Å²) in [6, 6.07) is 0. The van der Waals surface area contributed by atoms with Gasteiger partial charge in [0.1, 0.15) is 0 Å². The lowest BCUT2D eigenvalue weighted by atomic mass is 10.1. The van der Waals surface area contributed by atoms with Crippen LogP contribution in [0.2, 0.25) is 5.02 Å². The zero-order valence-electron chi connectivity index (χ0n) is 9.71. The third-order valence-corrected chi connectivity index (χ3v) is 3.93. The minimum absolute atomic E-state index is 0.279. The minimum atomic E-state index is 0.279. The number of piperidine rings is 1. The molecule has 90 valence electrons. The van der Waals surface area contributed by atoms with Crippen LogP contribution in [0.1, 0.15) is 24.2 Å². The van der Waals surface area contributed by atoms with Gasteiger partial charge in [0.05, 0.1) is 16.4 Å². The molecule has 0 spiro atoms. The van der Waals surface area contributed by atoms with E-state index in [0.717, 1.165) is 42.5 Å². The van der Waals surface area contributed by atoms with Crippen molar-refractivity contribution in [2.45, 2.75) is 31.7 Å². The third-order valence-electron chi connectivity index (χ3n) is 3.08. The number of hydrogen-bond acceptors (Lipinski definition) is 2. The van der Waals surface area contributed by atoms with E-state index in [1.54, 1.807) is 0 Å². The molecule has 3 nitrogen and oxygen atoms in total. The molecule has 1 unspecified atom stereocenters. The largest absolute Gasteiger partial charge is 0.296 e. The molecule has 2 rings (SSSR count). The molecular weight excluding hydrogens is 245 g/mol. The van der Waals surface area contributed by atoms with Crippen molar-refractivity contribution in [3.8, 4) is 0 Å². The van der Waals surface area contributed by atoms with Crippen molar-refractivity contribution in [1.82, 2.24) is 14.7 Å². The van der Waals surface area contributed by atoms with Crippen LogP contribution in [0.5, 0.6) is 0 Å². The van der Waals surface area contributed by atoms with Crippen molar-refractivity contribution in [3.05, 3.63) is 16.4 Å². The van der Waals surface area contributed by atoms with Crippen LogP contribution in [0.15, 0.2) is 0 Å². The van der Waals surface area contributed by atoms with E-state index in [1.165, 1.54) is 6.42 Å². The Balaban J connectivity index is 2.08. The number of aryl methyl sites for hydroxylation is 2. The number of aromatic nitrogens is 2. The fourth-order valence-electron chi connectivity index (χ4n) is 2.21. The van der Waals surface area contributed by atoms with E-state index in [2.05, 4.69) is 10.00 Å². The molecule has 16 heavy (non-hydrogen) atoms. The summed E-state index contributed by atoms with van der Waals surface area (Å²) in [7, 11) is 1.94. The molecule has 0 saturated carbocycles. The van der Waals surface area contributed by atoms with Crippen LogP contribution in [0, 0.1) is 6.92 Å². The molecule has 1 aliphatic heterocycles. The van der Waals surface area contributed by atoms with E-state index >= 15 is 0 Å². The van der Waals surface area contributed by atoms with Crippen molar-refractivity contribution < 1.29 is 0 Å². The quantitative estimate of drug-likeness (QED) is 0.764. The molecule has 1 aliphatic rings. The van der Waals surface area contributed by atoms with Crippen molar-refractivity contribution >= 4 is 23.2 Å². The van der Waals surface area contributed by atoms with Crippen LogP contribution in [-0.4, -0.2) is 33.1 Å². The van der Waals surface area contributed by atoms with E-state index in [1.807, 2.05) is 18.7 Å². The summed E-state index contributed by atoms with van der Waals surface area (Å²) in [5.41, 5.74) is 1.99. The second-order valence-electron chi connectivity index (χ2n) is 4.44. The predicted octanol–water partition coefficient (Wildman–Crippen LogP) is 2.59. The molecule has 1 saturated heterocycles. The summed E-state index contributed by atoms with van der Waals surface area (Å²) in [5, 5.41) is 5.39. The molecular formula is C11H17Cl2N3. The highest BCUT2D eigenvalue weighted by molar-refractivity contribution is 6.31. The Morgan fingerprint density at radius 1 is 1.50 bits per heavy atom. The summed E-state index contributed by atoms with van der Waals surface area (Å²) in [5.74, 6) is 0. The zero-order chi connectivity index (χ0) is 11.7. The van der Waals surface area contributed by atoms with E-state index in [4.69, 9.17) is 23.2 Å². The molecule has 5 heteroatoms. The second kappa shape index (κ2) is 4.94. The van der Waals surface area contributed by atoms with Gasteiger partial charge in [-0.3, -0.25) is 9.58 Å². The average molecular weight is 262 g/mol. The molecule has 0 radical (unpaired) electrons. The Bertz CT molecular complexity index is 376. The highest BCUT2D eigenvalue weighted by Gasteiger charge is 2.20. The maximum atomic E-state index is 6.23. The highest BCUT2D eigenvalue weighted by atomic mass is 35.5. The van der Waals surface area contributed by atoms with Gasteiger partial charge in [0.15, 0.2) is 0 Å². The van der Waals surface area contributed by atoms with E-state index in [0.29, 0.717) is 0 Å². The minimum Gasteiger partial charge on any atom is -0.296 e. The lowest BCUT2D eigenvalue weighted by Gasteiger charge is -2.29. The Labute approximate surface area is 106 Å². The number of nitrogens with zero attached hydrogens (tertiary/aromatic N) is 3. The lowest BCUT2D eigenvalue weighted by Crippen LogP contribution is -2.35. The van der Waals surface area contributed by atoms with Gasteiger partial charge in [-0.2, -0.15) is 5.10 Å². The monoisotopic (exact) mass is 261 g/mol. The third kappa shape index (κ3) is 2.53. The topological polar surface area (TPSA) is 21.1 Å².